The highest BCUT2D eigenvalue weighted by Crippen LogP contribution is 2.12. The lowest BCUT2D eigenvalue weighted by Gasteiger charge is -2.12. The topological polar surface area (TPSA) is 94.7 Å². The van der Waals surface area contributed by atoms with E-state index in [4.69, 9.17) is 0 Å². The van der Waals surface area contributed by atoms with Gasteiger partial charge in [-0.2, -0.15) is 8.42 Å². The number of sulfonamides is 1. The highest BCUT2D eigenvalue weighted by Gasteiger charge is 2.11. The molecule has 1 aliphatic heterocycles. The maximum absolute atomic E-state index is 11.7. The van der Waals surface area contributed by atoms with Crippen molar-refractivity contribution in [3.05, 3.63) is 54.5 Å². The first-order chi connectivity index (χ1) is 9.09. The van der Waals surface area contributed by atoms with E-state index in [-0.39, 0.29) is 10.6 Å². The van der Waals surface area contributed by atoms with Crippen LogP contribution in [0.25, 0.3) is 0 Å². The minimum atomic E-state index is -3.82. The Morgan fingerprint density at radius 1 is 1.26 bits per heavy atom. The fraction of sp³-hybridized carbons (Fsp3) is 0. The van der Waals surface area contributed by atoms with E-state index < -0.39 is 10.0 Å². The molecule has 0 aliphatic carbocycles. The molecular weight excluding hydrogens is 268 g/mol. The molecule has 1 aromatic carbocycles. The summed E-state index contributed by atoms with van der Waals surface area (Å²) in [6.07, 6.45) is 5.14. The monoisotopic (exact) mass is 278 g/mol. The summed E-state index contributed by atoms with van der Waals surface area (Å²) in [7, 11) is -3.82. The first-order valence-electron chi connectivity index (χ1n) is 5.20. The van der Waals surface area contributed by atoms with Crippen LogP contribution in [0.5, 0.6) is 0 Å². The Bertz CT molecular complexity index is 662. The lowest BCUT2D eigenvalue weighted by Crippen LogP contribution is -2.16. The van der Waals surface area contributed by atoms with Gasteiger partial charge in [-0.1, -0.05) is 22.7 Å². The fourth-order valence-corrected chi connectivity index (χ4v) is 2.02. The minimum Gasteiger partial charge on any atom is -0.283 e. The van der Waals surface area contributed by atoms with E-state index in [2.05, 4.69) is 14.6 Å². The summed E-state index contributed by atoms with van der Waals surface area (Å²) in [6.45, 7) is 0. The van der Waals surface area contributed by atoms with Crippen molar-refractivity contribution < 1.29 is 13.6 Å². The van der Waals surface area contributed by atoms with Gasteiger partial charge in [0.1, 0.15) is 6.34 Å². The van der Waals surface area contributed by atoms with Gasteiger partial charge >= 0.3 is 0 Å². The van der Waals surface area contributed by atoms with E-state index in [9.17, 15) is 13.6 Å². The predicted octanol–water partition coefficient (Wildman–Crippen LogP) is 1.92. The van der Waals surface area contributed by atoms with Crippen molar-refractivity contribution in [2.75, 3.05) is 0 Å². The molecule has 0 saturated heterocycles. The van der Waals surface area contributed by atoms with Crippen molar-refractivity contribution in [3.63, 3.8) is 0 Å². The van der Waals surface area contributed by atoms with Crippen LogP contribution in [-0.2, 0) is 10.0 Å². The average Bonchev–Trinajstić information content (AvgIpc) is 2.42. The van der Waals surface area contributed by atoms with Gasteiger partial charge in [-0.25, -0.2) is 10.1 Å². The Kier molecular flexibility index (Phi) is 3.83. The fourth-order valence-electron chi connectivity index (χ4n) is 1.25. The van der Waals surface area contributed by atoms with Crippen LogP contribution in [0.4, 0.5) is 0 Å². The van der Waals surface area contributed by atoms with Crippen LogP contribution < -0.4 is 0 Å². The number of hydroxylamine groups is 2. The van der Waals surface area contributed by atoms with Gasteiger partial charge in [0.2, 0.25) is 0 Å². The van der Waals surface area contributed by atoms with E-state index in [1.807, 2.05) is 0 Å². The molecule has 0 spiro atoms. The van der Waals surface area contributed by atoms with Gasteiger partial charge in [0.05, 0.1) is 16.8 Å². The van der Waals surface area contributed by atoms with E-state index in [0.29, 0.717) is 5.06 Å². The number of benzene rings is 1. The second kappa shape index (κ2) is 5.55. The molecule has 1 heterocycles. The van der Waals surface area contributed by atoms with Crippen molar-refractivity contribution in [1.82, 2.24) is 5.06 Å². The quantitative estimate of drug-likeness (QED) is 0.854. The molecule has 0 saturated carbocycles. The van der Waals surface area contributed by atoms with Crippen molar-refractivity contribution >= 4 is 16.4 Å². The first-order valence-corrected chi connectivity index (χ1v) is 6.64. The Labute approximate surface area is 109 Å². The number of allylic oxidation sites excluding steroid dienone is 1. The molecule has 1 aromatic rings. The molecule has 98 valence electrons. The largest absolute Gasteiger partial charge is 0.299 e. The number of nitrogens with zero attached hydrogens (tertiary/aromatic N) is 4. The molecule has 7 nitrogen and oxygen atoms in total. The Morgan fingerprint density at radius 3 is 2.68 bits per heavy atom. The molecule has 1 aliphatic rings. The standard InChI is InChI=1S/C11H10N4O3S/c16-15-9-12-7-6-10(15)8-13-14-19(17,18)11-4-2-1-3-5-11/h1-9,16H/b10-8-,14-13?. The van der Waals surface area contributed by atoms with Gasteiger partial charge in [-0.15, -0.1) is 5.11 Å². The van der Waals surface area contributed by atoms with Crippen LogP contribution in [0, 0.1) is 0 Å². The summed E-state index contributed by atoms with van der Waals surface area (Å²) in [4.78, 5) is 3.71. The third-order valence-corrected chi connectivity index (χ3v) is 3.33. The average molecular weight is 278 g/mol. The predicted molar refractivity (Wildman–Crippen MR) is 67.8 cm³/mol. The summed E-state index contributed by atoms with van der Waals surface area (Å²) in [5.74, 6) is 0. The summed E-state index contributed by atoms with van der Waals surface area (Å²) in [6, 6.07) is 7.74. The zero-order valence-corrected chi connectivity index (χ0v) is 10.5. The molecular formula is C11H10N4O3S. The van der Waals surface area contributed by atoms with Gasteiger partial charge in [0.15, 0.2) is 0 Å². The smallest absolute Gasteiger partial charge is 0.283 e. The van der Waals surface area contributed by atoms with E-state index >= 15 is 0 Å². The number of rotatable bonds is 3. The maximum Gasteiger partial charge on any atom is 0.299 e. The van der Waals surface area contributed by atoms with Crippen LogP contribution in [0.3, 0.4) is 0 Å². The van der Waals surface area contributed by atoms with Crippen LogP contribution in [-0.4, -0.2) is 25.0 Å². The molecule has 8 heteroatoms. The molecule has 0 bridgehead atoms. The number of aliphatic imine (C=N–C) groups is 1. The summed E-state index contributed by atoms with van der Waals surface area (Å²) in [5, 5.41) is 13.5. The Balaban J connectivity index is 2.18. The zero-order valence-electron chi connectivity index (χ0n) is 9.66. The second-order valence-corrected chi connectivity index (χ2v) is 5.05. The SMILES string of the molecule is O=S(=O)(N=N/C=C1/C=CN=CN1O)c1ccccc1. The summed E-state index contributed by atoms with van der Waals surface area (Å²) >= 11 is 0. The highest BCUT2D eigenvalue weighted by molar-refractivity contribution is 7.90. The van der Waals surface area contributed by atoms with Crippen molar-refractivity contribution in [2.45, 2.75) is 4.90 Å². The highest BCUT2D eigenvalue weighted by atomic mass is 32.2. The first kappa shape index (κ1) is 13.1. The normalized spacial score (nSPS) is 17.5. The third kappa shape index (κ3) is 3.33. The molecule has 0 aromatic heterocycles. The zero-order chi connectivity index (χ0) is 13.7. The van der Waals surface area contributed by atoms with E-state index in [1.165, 1.54) is 24.4 Å². The molecule has 0 atom stereocenters. The summed E-state index contributed by atoms with van der Waals surface area (Å²) in [5.41, 5.74) is 0.252. The Hall–Kier alpha value is -2.32. The summed E-state index contributed by atoms with van der Waals surface area (Å²) < 4.78 is 26.8. The van der Waals surface area contributed by atoms with Crippen LogP contribution >= 0.6 is 0 Å². The molecule has 2 rings (SSSR count). The molecule has 0 unspecified atom stereocenters. The van der Waals surface area contributed by atoms with E-state index in [1.54, 1.807) is 18.2 Å². The molecule has 19 heavy (non-hydrogen) atoms. The van der Waals surface area contributed by atoms with E-state index in [0.717, 1.165) is 12.5 Å². The lowest BCUT2D eigenvalue weighted by atomic mass is 10.4. The van der Waals surface area contributed by atoms with Crippen LogP contribution in [0.2, 0.25) is 0 Å². The lowest BCUT2D eigenvalue weighted by molar-refractivity contribution is 0.0319. The molecule has 0 fully saturated rings. The molecule has 0 radical (unpaired) electrons. The third-order valence-electron chi connectivity index (χ3n) is 2.16. The van der Waals surface area contributed by atoms with Gasteiger partial charge in [0, 0.05) is 6.20 Å². The number of hydrogen-bond donors (Lipinski definition) is 1. The second-order valence-electron chi connectivity index (χ2n) is 3.46. The van der Waals surface area contributed by atoms with Crippen molar-refractivity contribution in [1.29, 1.82) is 0 Å². The minimum absolute atomic E-state index is 0.0544. The van der Waals surface area contributed by atoms with Crippen molar-refractivity contribution in [2.24, 2.45) is 14.6 Å². The van der Waals surface area contributed by atoms with Gasteiger partial charge in [-0.3, -0.25) is 5.21 Å². The van der Waals surface area contributed by atoms with Crippen LogP contribution in [0.15, 0.2) is 74.0 Å². The molecule has 1 N–H and O–H groups in total. The number of hydrogen-bond acceptors (Lipinski definition) is 6. The van der Waals surface area contributed by atoms with Gasteiger partial charge < -0.3 is 0 Å². The van der Waals surface area contributed by atoms with Crippen LogP contribution in [0.1, 0.15) is 0 Å². The van der Waals surface area contributed by atoms with Gasteiger partial charge in [0.25, 0.3) is 10.0 Å². The molecule has 0 amide bonds. The Morgan fingerprint density at radius 2 is 2.00 bits per heavy atom. The van der Waals surface area contributed by atoms with Crippen molar-refractivity contribution in [3.8, 4) is 0 Å². The maximum atomic E-state index is 11.7. The van der Waals surface area contributed by atoms with Gasteiger partial charge in [-0.05, 0) is 18.2 Å².